The molecule has 1 saturated heterocycles. The average Bonchev–Trinajstić information content (AvgIpc) is 3.47. The van der Waals surface area contributed by atoms with Gasteiger partial charge in [-0.1, -0.05) is 18.2 Å². The number of fused-ring (bicyclic) bond motifs is 1. The summed E-state index contributed by atoms with van der Waals surface area (Å²) < 4.78 is 10.6. The van der Waals surface area contributed by atoms with Gasteiger partial charge in [0.25, 0.3) is 11.7 Å². The van der Waals surface area contributed by atoms with Gasteiger partial charge in [0.05, 0.1) is 30.4 Å². The van der Waals surface area contributed by atoms with Crippen LogP contribution in [0.25, 0.3) is 5.76 Å². The van der Waals surface area contributed by atoms with Gasteiger partial charge in [0.15, 0.2) is 0 Å². The molecule has 1 fully saturated rings. The van der Waals surface area contributed by atoms with E-state index in [-0.39, 0.29) is 24.5 Å². The van der Waals surface area contributed by atoms with Crippen LogP contribution < -0.4 is 4.74 Å². The van der Waals surface area contributed by atoms with Crippen molar-refractivity contribution in [1.82, 2.24) is 9.88 Å². The van der Waals surface area contributed by atoms with Crippen molar-refractivity contribution in [2.45, 2.75) is 25.9 Å². The number of benzene rings is 2. The Kier molecular flexibility index (Phi) is 6.25. The van der Waals surface area contributed by atoms with E-state index in [1.54, 1.807) is 73.9 Å². The molecule has 1 aromatic heterocycles. The molecule has 0 aliphatic carbocycles. The number of ether oxygens (including phenoxy) is 2. The summed E-state index contributed by atoms with van der Waals surface area (Å²) in [5.41, 5.74) is 3.11. The minimum Gasteiger partial charge on any atom is -0.507 e. The van der Waals surface area contributed by atoms with Crippen LogP contribution in [0.1, 0.15) is 45.6 Å². The van der Waals surface area contributed by atoms with E-state index in [0.717, 1.165) is 11.3 Å². The van der Waals surface area contributed by atoms with Gasteiger partial charge < -0.3 is 19.5 Å². The number of likely N-dealkylation sites (tertiary alicyclic amines) is 1. The molecule has 2 aromatic carbocycles. The first kappa shape index (κ1) is 23.3. The normalized spacial score (nSPS) is 18.1. The molecular formula is C28H24N2O6. The Labute approximate surface area is 207 Å². The fourth-order valence-electron chi connectivity index (χ4n) is 4.57. The van der Waals surface area contributed by atoms with Crippen molar-refractivity contribution in [2.24, 2.45) is 0 Å². The summed E-state index contributed by atoms with van der Waals surface area (Å²) in [4.78, 5) is 44.0. The van der Waals surface area contributed by atoms with Crippen LogP contribution in [-0.2, 0) is 27.3 Å². The molecule has 8 nitrogen and oxygen atoms in total. The highest BCUT2D eigenvalue weighted by molar-refractivity contribution is 6.46. The first-order chi connectivity index (χ1) is 17.5. The molecule has 182 valence electrons. The van der Waals surface area contributed by atoms with Gasteiger partial charge >= 0.3 is 5.97 Å². The van der Waals surface area contributed by atoms with E-state index in [1.165, 1.54) is 4.90 Å². The van der Waals surface area contributed by atoms with Gasteiger partial charge in [0.1, 0.15) is 11.5 Å². The van der Waals surface area contributed by atoms with Crippen LogP contribution in [0.3, 0.4) is 0 Å². The van der Waals surface area contributed by atoms with Crippen LogP contribution in [0.15, 0.2) is 72.6 Å². The van der Waals surface area contributed by atoms with Crippen LogP contribution in [0.2, 0.25) is 0 Å². The van der Waals surface area contributed by atoms with Gasteiger partial charge in [0, 0.05) is 30.9 Å². The number of aromatic nitrogens is 1. The number of hydrogen-bond donors (Lipinski definition) is 1. The van der Waals surface area contributed by atoms with Crippen molar-refractivity contribution in [1.29, 1.82) is 0 Å². The highest BCUT2D eigenvalue weighted by Gasteiger charge is 2.46. The number of carbonyl (C=O) groups is 3. The van der Waals surface area contributed by atoms with Crippen molar-refractivity contribution in [3.63, 3.8) is 0 Å². The smallest absolute Gasteiger partial charge is 0.338 e. The highest BCUT2D eigenvalue weighted by atomic mass is 16.5. The number of pyridine rings is 1. The molecule has 1 N–H and O–H groups in total. The maximum atomic E-state index is 13.2. The zero-order valence-corrected chi connectivity index (χ0v) is 19.6. The second kappa shape index (κ2) is 9.65. The summed E-state index contributed by atoms with van der Waals surface area (Å²) in [7, 11) is 0. The Morgan fingerprint density at radius 3 is 2.64 bits per heavy atom. The lowest BCUT2D eigenvalue weighted by molar-refractivity contribution is -0.140. The molecule has 2 aliphatic heterocycles. The standard InChI is InChI=1S/C28H24N2O6/c1-2-35-28(34)18-7-5-17(6-8-18)16-30-24(21-4-3-12-29-15-21)23(26(32)27(30)33)25(31)20-9-10-22-19(14-20)11-13-36-22/h3-10,12,14-15,24,31H,2,11,13,16H2,1H3/b25-23-. The zero-order valence-electron chi connectivity index (χ0n) is 19.6. The quantitative estimate of drug-likeness (QED) is 0.245. The molecular weight excluding hydrogens is 460 g/mol. The number of amides is 1. The van der Waals surface area contributed by atoms with Gasteiger partial charge in [-0.3, -0.25) is 14.6 Å². The molecule has 1 amide bonds. The van der Waals surface area contributed by atoms with Crippen LogP contribution in [0.5, 0.6) is 5.75 Å². The summed E-state index contributed by atoms with van der Waals surface area (Å²) in [5, 5.41) is 11.3. The molecule has 0 radical (unpaired) electrons. The molecule has 1 unspecified atom stereocenters. The topological polar surface area (TPSA) is 106 Å². The Morgan fingerprint density at radius 1 is 1.14 bits per heavy atom. The van der Waals surface area contributed by atoms with Crippen molar-refractivity contribution < 1.29 is 29.0 Å². The van der Waals surface area contributed by atoms with Crippen molar-refractivity contribution in [2.75, 3.05) is 13.2 Å². The molecule has 0 bridgehead atoms. The molecule has 0 saturated carbocycles. The van der Waals surface area contributed by atoms with Crippen LogP contribution >= 0.6 is 0 Å². The summed E-state index contributed by atoms with van der Waals surface area (Å²) in [5.74, 6) is -1.40. The highest BCUT2D eigenvalue weighted by Crippen LogP contribution is 2.40. The maximum Gasteiger partial charge on any atom is 0.338 e. The van der Waals surface area contributed by atoms with Gasteiger partial charge in [-0.15, -0.1) is 0 Å². The number of carbonyl (C=O) groups excluding carboxylic acids is 3. The van der Waals surface area contributed by atoms with E-state index < -0.39 is 23.7 Å². The Bertz CT molecular complexity index is 1360. The largest absolute Gasteiger partial charge is 0.507 e. The lowest BCUT2D eigenvalue weighted by Crippen LogP contribution is -2.29. The van der Waals surface area contributed by atoms with Crippen molar-refractivity contribution in [3.8, 4) is 5.75 Å². The number of rotatable bonds is 6. The van der Waals surface area contributed by atoms with E-state index in [1.807, 2.05) is 0 Å². The number of nitrogens with zero attached hydrogens (tertiary/aromatic N) is 2. The van der Waals surface area contributed by atoms with E-state index in [9.17, 15) is 19.5 Å². The zero-order chi connectivity index (χ0) is 25.2. The van der Waals surface area contributed by atoms with Gasteiger partial charge in [0.2, 0.25) is 0 Å². The number of ketones is 1. The summed E-state index contributed by atoms with van der Waals surface area (Å²) in [6.45, 7) is 2.67. The van der Waals surface area contributed by atoms with Crippen LogP contribution in [0, 0.1) is 0 Å². The Morgan fingerprint density at radius 2 is 1.92 bits per heavy atom. The second-order valence-corrected chi connectivity index (χ2v) is 8.55. The predicted octanol–water partition coefficient (Wildman–Crippen LogP) is 3.82. The van der Waals surface area contributed by atoms with Crippen molar-refractivity contribution in [3.05, 3.63) is 100 Å². The summed E-state index contributed by atoms with van der Waals surface area (Å²) in [6, 6.07) is 14.6. The monoisotopic (exact) mass is 484 g/mol. The van der Waals surface area contributed by atoms with Crippen molar-refractivity contribution >= 4 is 23.4 Å². The first-order valence-electron chi connectivity index (χ1n) is 11.7. The second-order valence-electron chi connectivity index (χ2n) is 8.55. The molecule has 0 spiro atoms. The minimum absolute atomic E-state index is 0.00927. The fourth-order valence-corrected chi connectivity index (χ4v) is 4.57. The molecule has 8 heteroatoms. The molecule has 3 aromatic rings. The van der Waals surface area contributed by atoms with Gasteiger partial charge in [-0.2, -0.15) is 0 Å². The van der Waals surface area contributed by atoms with Gasteiger partial charge in [-0.05, 0) is 60.0 Å². The van der Waals surface area contributed by atoms with Crippen LogP contribution in [0.4, 0.5) is 0 Å². The molecule has 5 rings (SSSR count). The van der Waals surface area contributed by atoms with Gasteiger partial charge in [-0.25, -0.2) is 4.79 Å². The number of aliphatic hydroxyl groups excluding tert-OH is 1. The van der Waals surface area contributed by atoms with Crippen LogP contribution in [-0.4, -0.2) is 45.9 Å². The third-order valence-corrected chi connectivity index (χ3v) is 6.32. The van der Waals surface area contributed by atoms with E-state index >= 15 is 0 Å². The third-order valence-electron chi connectivity index (χ3n) is 6.32. The Balaban J connectivity index is 1.53. The predicted molar refractivity (Wildman–Crippen MR) is 130 cm³/mol. The number of esters is 1. The lowest BCUT2D eigenvalue weighted by Gasteiger charge is -2.25. The average molecular weight is 485 g/mol. The van der Waals surface area contributed by atoms with E-state index in [2.05, 4.69) is 4.98 Å². The molecule has 1 atom stereocenters. The SMILES string of the molecule is CCOC(=O)c1ccc(CN2C(=O)C(=O)/C(=C(\O)c3ccc4c(c3)CCO4)C2c2cccnc2)cc1. The maximum absolute atomic E-state index is 13.2. The number of Topliss-reactive ketones (excluding diaryl/α,β-unsaturated/α-hetero) is 1. The Hall–Kier alpha value is -4.46. The third kappa shape index (κ3) is 4.22. The minimum atomic E-state index is -0.826. The summed E-state index contributed by atoms with van der Waals surface area (Å²) in [6.07, 6.45) is 3.89. The van der Waals surface area contributed by atoms with E-state index in [0.29, 0.717) is 35.3 Å². The number of aliphatic hydroxyl groups is 1. The van der Waals surface area contributed by atoms with E-state index in [4.69, 9.17) is 9.47 Å². The molecule has 36 heavy (non-hydrogen) atoms. The first-order valence-corrected chi connectivity index (χ1v) is 11.7. The molecule has 2 aliphatic rings. The summed E-state index contributed by atoms with van der Waals surface area (Å²) >= 11 is 0. The fraction of sp³-hybridized carbons (Fsp3) is 0.214. The lowest BCUT2D eigenvalue weighted by atomic mass is 9.95. The molecule has 3 heterocycles. The number of hydrogen-bond acceptors (Lipinski definition) is 7.